The van der Waals surface area contributed by atoms with E-state index in [1.165, 1.54) is 55.1 Å². The highest BCUT2D eigenvalue weighted by molar-refractivity contribution is 8.00. The number of nitrogens with one attached hydrogen (secondary N) is 2. The summed E-state index contributed by atoms with van der Waals surface area (Å²) in [7, 11) is 0. The Bertz CT molecular complexity index is 2150. The van der Waals surface area contributed by atoms with Gasteiger partial charge >= 0.3 is 0 Å². The van der Waals surface area contributed by atoms with Gasteiger partial charge in [-0.2, -0.15) is 0 Å². The van der Waals surface area contributed by atoms with Crippen molar-refractivity contribution in [2.24, 2.45) is 4.99 Å². The van der Waals surface area contributed by atoms with Crippen LogP contribution in [0.1, 0.15) is 44.9 Å². The molecule has 3 nitrogen and oxygen atoms in total. The molecule has 47 heavy (non-hydrogen) atoms. The second-order valence-corrected chi connectivity index (χ2v) is 13.5. The highest BCUT2D eigenvalue weighted by Gasteiger charge is 2.30. The zero-order chi connectivity index (χ0) is 31.2. The molecule has 0 saturated carbocycles. The molecular weight excluding hydrogens is 591 g/mol. The Morgan fingerprint density at radius 2 is 1.21 bits per heavy atom. The van der Waals surface area contributed by atoms with Gasteiger partial charge in [0.25, 0.3) is 0 Å². The molecule has 2 aliphatic heterocycles. The van der Waals surface area contributed by atoms with Crippen LogP contribution in [-0.4, -0.2) is 5.71 Å². The summed E-state index contributed by atoms with van der Waals surface area (Å²) >= 11 is 1.91. The van der Waals surface area contributed by atoms with Gasteiger partial charge < -0.3 is 10.6 Å². The summed E-state index contributed by atoms with van der Waals surface area (Å²) in [6.07, 6.45) is 4.06. The van der Waals surface area contributed by atoms with Gasteiger partial charge in [-0.05, 0) is 75.1 Å². The third-order valence-corrected chi connectivity index (χ3v) is 10.7. The quantitative estimate of drug-likeness (QED) is 0.201. The van der Waals surface area contributed by atoms with Crippen molar-refractivity contribution in [1.82, 2.24) is 5.32 Å². The predicted octanol–water partition coefficient (Wildman–Crippen LogP) is 10.5. The van der Waals surface area contributed by atoms with Crippen LogP contribution >= 0.6 is 11.8 Å². The van der Waals surface area contributed by atoms with E-state index in [0.717, 1.165) is 35.4 Å². The molecule has 0 bridgehead atoms. The summed E-state index contributed by atoms with van der Waals surface area (Å²) in [6.45, 7) is 0. The van der Waals surface area contributed by atoms with Crippen LogP contribution in [0.3, 0.4) is 0 Å². The standard InChI is InChI=1S/C43H33N3S/c1-4-10-28(11-5-1)29-16-18-31(19-17-29)38-27-37(30-12-6-2-7-13-30)44-42(45-38)35-22-24-36-34(26-35)21-20-32-23-25-39-41(40(32)36)46-43(47-39)33-14-8-3-9-15-33/h1-19,22-27,42-43,45-46H,20-21H2. The van der Waals surface area contributed by atoms with E-state index in [1.54, 1.807) is 0 Å². The Kier molecular flexibility index (Phi) is 7.02. The Morgan fingerprint density at radius 1 is 0.553 bits per heavy atom. The van der Waals surface area contributed by atoms with E-state index in [4.69, 9.17) is 4.99 Å². The number of anilines is 1. The normalized spacial score (nSPS) is 17.7. The number of allylic oxidation sites excluding steroid dienone is 1. The Balaban J connectivity index is 1.06. The largest absolute Gasteiger partial charge is 0.368 e. The molecule has 0 fully saturated rings. The summed E-state index contributed by atoms with van der Waals surface area (Å²) in [5, 5.41) is 7.90. The fourth-order valence-corrected chi connectivity index (χ4v) is 8.20. The minimum atomic E-state index is -0.191. The molecule has 9 rings (SSSR count). The molecule has 0 spiro atoms. The van der Waals surface area contributed by atoms with E-state index in [1.807, 2.05) is 11.8 Å². The summed E-state index contributed by atoms with van der Waals surface area (Å²) in [5.74, 6) is 0. The van der Waals surface area contributed by atoms with Gasteiger partial charge in [0.1, 0.15) is 11.5 Å². The number of aryl methyl sites for hydroxylation is 2. The first-order valence-electron chi connectivity index (χ1n) is 16.3. The van der Waals surface area contributed by atoms with E-state index in [-0.39, 0.29) is 11.5 Å². The third-order valence-electron chi connectivity index (χ3n) is 9.47. The van der Waals surface area contributed by atoms with Crippen molar-refractivity contribution in [3.05, 3.63) is 185 Å². The van der Waals surface area contributed by atoms with Crippen molar-refractivity contribution >= 4 is 28.9 Å². The van der Waals surface area contributed by atoms with Gasteiger partial charge in [0.15, 0.2) is 0 Å². The van der Waals surface area contributed by atoms with Gasteiger partial charge in [-0.15, -0.1) is 0 Å². The number of rotatable bonds is 5. The van der Waals surface area contributed by atoms with Gasteiger partial charge in [-0.3, -0.25) is 4.99 Å². The van der Waals surface area contributed by atoms with Gasteiger partial charge in [-0.25, -0.2) is 0 Å². The smallest absolute Gasteiger partial charge is 0.145 e. The number of nitrogens with zero attached hydrogens (tertiary/aromatic N) is 1. The lowest BCUT2D eigenvalue weighted by molar-refractivity contribution is 0.662. The summed E-state index contributed by atoms with van der Waals surface area (Å²) < 4.78 is 0. The first kappa shape index (κ1) is 27.9. The maximum Gasteiger partial charge on any atom is 0.145 e. The first-order chi connectivity index (χ1) is 23.3. The second kappa shape index (κ2) is 11.8. The van der Waals surface area contributed by atoms with E-state index < -0.39 is 0 Å². The molecule has 6 aromatic carbocycles. The number of benzene rings is 6. The van der Waals surface area contributed by atoms with E-state index in [2.05, 4.69) is 162 Å². The maximum absolute atomic E-state index is 5.27. The van der Waals surface area contributed by atoms with Crippen molar-refractivity contribution in [3.63, 3.8) is 0 Å². The van der Waals surface area contributed by atoms with Crippen molar-refractivity contribution in [2.75, 3.05) is 5.32 Å². The van der Waals surface area contributed by atoms with Crippen LogP contribution in [0.2, 0.25) is 0 Å². The Hall–Kier alpha value is -5.32. The monoisotopic (exact) mass is 623 g/mol. The lowest BCUT2D eigenvalue weighted by Crippen LogP contribution is -2.25. The molecule has 0 aromatic heterocycles. The Labute approximate surface area is 280 Å². The van der Waals surface area contributed by atoms with Gasteiger partial charge in [0, 0.05) is 16.2 Å². The number of thioether (sulfide) groups is 1. The molecule has 6 aromatic rings. The average Bonchev–Trinajstić information content (AvgIpc) is 3.60. The first-order valence-corrected chi connectivity index (χ1v) is 17.2. The molecule has 2 heterocycles. The summed E-state index contributed by atoms with van der Waals surface area (Å²) in [5.41, 5.74) is 16.1. The van der Waals surface area contributed by atoms with Crippen molar-refractivity contribution in [2.45, 2.75) is 29.3 Å². The van der Waals surface area contributed by atoms with E-state index >= 15 is 0 Å². The van der Waals surface area contributed by atoms with Crippen molar-refractivity contribution < 1.29 is 0 Å². The molecule has 3 aliphatic rings. The fourth-order valence-electron chi connectivity index (χ4n) is 7.05. The van der Waals surface area contributed by atoms with Crippen molar-refractivity contribution in [1.29, 1.82) is 0 Å². The lowest BCUT2D eigenvalue weighted by Gasteiger charge is -2.27. The van der Waals surface area contributed by atoms with Crippen molar-refractivity contribution in [3.8, 4) is 22.3 Å². The number of hydrogen-bond acceptors (Lipinski definition) is 4. The number of fused-ring (bicyclic) bond motifs is 5. The highest BCUT2D eigenvalue weighted by Crippen LogP contribution is 2.53. The molecule has 1 aliphatic carbocycles. The maximum atomic E-state index is 5.27. The molecule has 0 amide bonds. The Morgan fingerprint density at radius 3 is 1.98 bits per heavy atom. The van der Waals surface area contributed by atoms with Gasteiger partial charge in [0.05, 0.1) is 11.4 Å². The van der Waals surface area contributed by atoms with Crippen LogP contribution in [0.4, 0.5) is 5.69 Å². The zero-order valence-corrected chi connectivity index (χ0v) is 26.7. The average molecular weight is 624 g/mol. The molecule has 4 heteroatoms. The molecule has 2 atom stereocenters. The summed E-state index contributed by atoms with van der Waals surface area (Å²) in [4.78, 5) is 6.60. The number of hydrogen-bond donors (Lipinski definition) is 2. The molecule has 2 N–H and O–H groups in total. The molecule has 226 valence electrons. The molecule has 0 radical (unpaired) electrons. The lowest BCUT2D eigenvalue weighted by atomic mass is 9.83. The second-order valence-electron chi connectivity index (χ2n) is 12.4. The van der Waals surface area contributed by atoms with E-state index in [0.29, 0.717) is 0 Å². The highest BCUT2D eigenvalue weighted by atomic mass is 32.2. The van der Waals surface area contributed by atoms with Crippen LogP contribution in [0, 0.1) is 0 Å². The molecule has 0 saturated heterocycles. The number of aliphatic imine (C=N–C) groups is 1. The van der Waals surface area contributed by atoms with E-state index in [9.17, 15) is 0 Å². The van der Waals surface area contributed by atoms with Gasteiger partial charge in [-0.1, -0.05) is 151 Å². The fraction of sp³-hybridized carbons (Fsp3) is 0.0930. The zero-order valence-electron chi connectivity index (χ0n) is 25.9. The minimum absolute atomic E-state index is 0.191. The topological polar surface area (TPSA) is 36.4 Å². The molecular formula is C43H33N3S. The van der Waals surface area contributed by atoms with Crippen LogP contribution in [0.15, 0.2) is 162 Å². The van der Waals surface area contributed by atoms with Gasteiger partial charge in [0.2, 0.25) is 0 Å². The van der Waals surface area contributed by atoms with Crippen LogP contribution in [-0.2, 0) is 12.8 Å². The SMILES string of the molecule is C1=C(c2ccc(-c3ccccc3)cc2)NC(c2ccc3c(c2)CCc2ccc4c(c2-3)NC(c2ccccc2)S4)N=C1c1ccccc1. The van der Waals surface area contributed by atoms with Crippen LogP contribution in [0.5, 0.6) is 0 Å². The van der Waals surface area contributed by atoms with Crippen LogP contribution in [0.25, 0.3) is 28.0 Å². The summed E-state index contributed by atoms with van der Waals surface area (Å²) in [6, 6.07) is 52.3. The van der Waals surface area contributed by atoms with Crippen LogP contribution < -0.4 is 10.6 Å². The predicted molar refractivity (Wildman–Crippen MR) is 197 cm³/mol. The third kappa shape index (κ3) is 5.25. The molecule has 2 unspecified atom stereocenters. The minimum Gasteiger partial charge on any atom is -0.368 e.